The average molecular weight is 286 g/mol. The molecule has 0 aliphatic rings. The lowest BCUT2D eigenvalue weighted by molar-refractivity contribution is -0.144. The maximum atomic E-state index is 10.8. The molecule has 0 radical (unpaired) electrons. The lowest BCUT2D eigenvalue weighted by Gasteiger charge is -2.22. The number of nitrogens with zero attached hydrogens (tertiary/aromatic N) is 1. The molecule has 0 aliphatic heterocycles. The van der Waals surface area contributed by atoms with Crippen LogP contribution in [0.25, 0.3) is 0 Å². The van der Waals surface area contributed by atoms with Crippen molar-refractivity contribution in [2.75, 3.05) is 13.1 Å². The molecule has 0 spiro atoms. The van der Waals surface area contributed by atoms with Gasteiger partial charge in [0, 0.05) is 18.1 Å². The molecule has 0 saturated heterocycles. The molecule has 2 N–H and O–H groups in total. The van der Waals surface area contributed by atoms with Gasteiger partial charge < -0.3 is 10.2 Å². The molecular weight excluding hydrogens is 270 g/mol. The molecule has 0 aromatic heterocycles. The Kier molecular flexibility index (Phi) is 5.79. The quantitative estimate of drug-likeness (QED) is 0.800. The maximum Gasteiger partial charge on any atom is 0.317 e. The molecule has 1 aromatic carbocycles. The third kappa shape index (κ3) is 5.72. The highest BCUT2D eigenvalue weighted by molar-refractivity contribution is 6.30. The van der Waals surface area contributed by atoms with E-state index in [1.165, 1.54) is 0 Å². The number of hydrogen-bond donors (Lipinski definition) is 2. The number of benzene rings is 1. The van der Waals surface area contributed by atoms with Crippen molar-refractivity contribution in [2.24, 2.45) is 5.92 Å². The zero-order chi connectivity index (χ0) is 14.4. The van der Waals surface area contributed by atoms with E-state index in [1.54, 1.807) is 36.1 Å². The predicted octanol–water partition coefficient (Wildman–Crippen LogP) is 1.95. The molecular formula is C13H16ClNO4. The Morgan fingerprint density at radius 2 is 1.84 bits per heavy atom. The van der Waals surface area contributed by atoms with Crippen molar-refractivity contribution in [3.63, 3.8) is 0 Å². The van der Waals surface area contributed by atoms with Crippen LogP contribution in [-0.4, -0.2) is 40.1 Å². The smallest absolute Gasteiger partial charge is 0.317 e. The summed E-state index contributed by atoms with van der Waals surface area (Å²) in [5.41, 5.74) is 0.892. The van der Waals surface area contributed by atoms with E-state index in [9.17, 15) is 9.59 Å². The normalized spacial score (nSPS) is 12.4. The highest BCUT2D eigenvalue weighted by Crippen LogP contribution is 2.12. The SMILES string of the molecule is CC(CN(CC(=O)O)Cc1ccc(Cl)cc1)C(=O)O. The molecule has 0 bridgehead atoms. The first-order chi connectivity index (χ1) is 8.88. The van der Waals surface area contributed by atoms with Crippen molar-refractivity contribution in [2.45, 2.75) is 13.5 Å². The van der Waals surface area contributed by atoms with Crippen LogP contribution < -0.4 is 0 Å². The Hall–Kier alpha value is -1.59. The van der Waals surface area contributed by atoms with Gasteiger partial charge in [-0.3, -0.25) is 14.5 Å². The van der Waals surface area contributed by atoms with Crippen LogP contribution in [-0.2, 0) is 16.1 Å². The van der Waals surface area contributed by atoms with Gasteiger partial charge in [-0.2, -0.15) is 0 Å². The summed E-state index contributed by atoms with van der Waals surface area (Å²) in [4.78, 5) is 23.2. The molecule has 1 aromatic rings. The molecule has 1 rings (SSSR count). The van der Waals surface area contributed by atoms with Crippen LogP contribution in [0, 0.1) is 5.92 Å². The van der Waals surface area contributed by atoms with Crippen LogP contribution in [0.4, 0.5) is 0 Å². The lowest BCUT2D eigenvalue weighted by Crippen LogP contribution is -2.35. The summed E-state index contributed by atoms with van der Waals surface area (Å²) in [6.45, 7) is 1.92. The van der Waals surface area contributed by atoms with Gasteiger partial charge in [-0.1, -0.05) is 30.7 Å². The van der Waals surface area contributed by atoms with Crippen molar-refractivity contribution in [1.29, 1.82) is 0 Å². The summed E-state index contributed by atoms with van der Waals surface area (Å²) in [6, 6.07) is 7.03. The van der Waals surface area contributed by atoms with Crippen LogP contribution in [0.3, 0.4) is 0 Å². The number of carbonyl (C=O) groups is 2. The van der Waals surface area contributed by atoms with Crippen LogP contribution in [0.2, 0.25) is 5.02 Å². The molecule has 0 aliphatic carbocycles. The van der Waals surface area contributed by atoms with Gasteiger partial charge in [0.1, 0.15) is 0 Å². The van der Waals surface area contributed by atoms with Gasteiger partial charge in [-0.15, -0.1) is 0 Å². The molecule has 5 nitrogen and oxygen atoms in total. The van der Waals surface area contributed by atoms with Crippen molar-refractivity contribution in [3.8, 4) is 0 Å². The summed E-state index contributed by atoms with van der Waals surface area (Å²) < 4.78 is 0. The van der Waals surface area contributed by atoms with Gasteiger partial charge in [0.2, 0.25) is 0 Å². The molecule has 0 heterocycles. The fraction of sp³-hybridized carbons (Fsp3) is 0.385. The second-order valence-electron chi connectivity index (χ2n) is 4.43. The number of rotatable bonds is 7. The van der Waals surface area contributed by atoms with Gasteiger partial charge >= 0.3 is 11.9 Å². The third-order valence-corrected chi connectivity index (χ3v) is 2.88. The first kappa shape index (κ1) is 15.5. The summed E-state index contributed by atoms with van der Waals surface area (Å²) in [5, 5.41) is 18.3. The summed E-state index contributed by atoms with van der Waals surface area (Å²) in [5.74, 6) is -2.54. The number of carboxylic acids is 2. The Labute approximate surface area is 116 Å². The Morgan fingerprint density at radius 1 is 1.26 bits per heavy atom. The highest BCUT2D eigenvalue weighted by Gasteiger charge is 2.18. The molecule has 1 unspecified atom stereocenters. The first-order valence-corrected chi connectivity index (χ1v) is 6.17. The minimum atomic E-state index is -0.980. The zero-order valence-electron chi connectivity index (χ0n) is 10.5. The van der Waals surface area contributed by atoms with Crippen LogP contribution >= 0.6 is 11.6 Å². The maximum absolute atomic E-state index is 10.8. The second-order valence-corrected chi connectivity index (χ2v) is 4.87. The molecule has 0 amide bonds. The minimum absolute atomic E-state index is 0.185. The monoisotopic (exact) mass is 285 g/mol. The molecule has 0 saturated carbocycles. The van der Waals surface area contributed by atoms with Gasteiger partial charge in [0.25, 0.3) is 0 Å². The van der Waals surface area contributed by atoms with E-state index in [0.29, 0.717) is 11.6 Å². The van der Waals surface area contributed by atoms with Crippen molar-refractivity contribution < 1.29 is 19.8 Å². The van der Waals surface area contributed by atoms with E-state index >= 15 is 0 Å². The summed E-state index contributed by atoms with van der Waals surface area (Å²) in [7, 11) is 0. The second kappa shape index (κ2) is 7.11. The molecule has 104 valence electrons. The number of carboxylic acid groups (broad SMARTS) is 2. The van der Waals surface area contributed by atoms with Crippen molar-refractivity contribution in [3.05, 3.63) is 34.9 Å². The largest absolute Gasteiger partial charge is 0.481 e. The van der Waals surface area contributed by atoms with E-state index in [0.717, 1.165) is 5.56 Å². The van der Waals surface area contributed by atoms with Gasteiger partial charge in [0.05, 0.1) is 12.5 Å². The first-order valence-electron chi connectivity index (χ1n) is 5.80. The Morgan fingerprint density at radius 3 is 2.32 bits per heavy atom. The number of hydrogen-bond acceptors (Lipinski definition) is 3. The fourth-order valence-corrected chi connectivity index (χ4v) is 1.82. The number of aliphatic carboxylic acids is 2. The summed E-state index contributed by atoms with van der Waals surface area (Å²) >= 11 is 5.77. The van der Waals surface area contributed by atoms with Crippen LogP contribution in [0.15, 0.2) is 24.3 Å². The van der Waals surface area contributed by atoms with Crippen molar-refractivity contribution >= 4 is 23.5 Å². The van der Waals surface area contributed by atoms with Gasteiger partial charge in [-0.05, 0) is 17.7 Å². The minimum Gasteiger partial charge on any atom is -0.481 e. The van der Waals surface area contributed by atoms with E-state index in [-0.39, 0.29) is 13.1 Å². The Balaban J connectivity index is 2.71. The fourth-order valence-electron chi connectivity index (χ4n) is 1.69. The number of halogens is 1. The van der Waals surface area contributed by atoms with Crippen molar-refractivity contribution in [1.82, 2.24) is 4.90 Å². The average Bonchev–Trinajstić information content (AvgIpc) is 2.31. The zero-order valence-corrected chi connectivity index (χ0v) is 11.3. The van der Waals surface area contributed by atoms with Crippen LogP contribution in [0.5, 0.6) is 0 Å². The van der Waals surface area contributed by atoms with Gasteiger partial charge in [0.15, 0.2) is 0 Å². The third-order valence-electron chi connectivity index (χ3n) is 2.63. The predicted molar refractivity (Wildman–Crippen MR) is 71.2 cm³/mol. The highest BCUT2D eigenvalue weighted by atomic mass is 35.5. The van der Waals surface area contributed by atoms with E-state index in [1.807, 2.05) is 0 Å². The molecule has 6 heteroatoms. The summed E-state index contributed by atoms with van der Waals surface area (Å²) in [6.07, 6.45) is 0. The lowest BCUT2D eigenvalue weighted by atomic mass is 10.1. The van der Waals surface area contributed by atoms with Gasteiger partial charge in [-0.25, -0.2) is 0 Å². The standard InChI is InChI=1S/C13H16ClNO4/c1-9(13(18)19)6-15(8-12(16)17)7-10-2-4-11(14)5-3-10/h2-5,9H,6-8H2,1H3,(H,16,17)(H,18,19). The van der Waals surface area contributed by atoms with E-state index in [2.05, 4.69) is 0 Å². The van der Waals surface area contributed by atoms with Crippen LogP contribution in [0.1, 0.15) is 12.5 Å². The van der Waals surface area contributed by atoms with E-state index in [4.69, 9.17) is 21.8 Å². The molecule has 19 heavy (non-hydrogen) atoms. The topological polar surface area (TPSA) is 77.8 Å². The Bertz CT molecular complexity index is 446. The molecule has 1 atom stereocenters. The molecule has 0 fully saturated rings. The van der Waals surface area contributed by atoms with E-state index < -0.39 is 17.9 Å².